The molecule has 0 bridgehead atoms. The molecule has 2 nitrogen and oxygen atoms in total. The molecule has 0 spiro atoms. The van der Waals surface area contributed by atoms with Gasteiger partial charge in [-0.2, -0.15) is 0 Å². The minimum absolute atomic E-state index is 0.728. The lowest BCUT2D eigenvalue weighted by molar-refractivity contribution is 0.112. The van der Waals surface area contributed by atoms with Gasteiger partial charge in [0.05, 0.1) is 0 Å². The van der Waals surface area contributed by atoms with Crippen LogP contribution in [-0.2, 0) is 0 Å². The minimum Gasteiger partial charge on any atom is -0.394 e. The Morgan fingerprint density at radius 3 is 2.69 bits per heavy atom. The maximum atomic E-state index is 10.7. The predicted molar refractivity (Wildman–Crippen MR) is 54.5 cm³/mol. The molecule has 1 rings (SSSR count). The number of nitrogens with one attached hydrogen (secondary N) is 1. The molecular weight excluding hydrogens is 162 g/mol. The van der Waals surface area contributed by atoms with Gasteiger partial charge in [0.25, 0.3) is 0 Å². The summed E-state index contributed by atoms with van der Waals surface area (Å²) in [6.07, 6.45) is 2.75. The van der Waals surface area contributed by atoms with Crippen LogP contribution in [0, 0.1) is 0 Å². The van der Waals surface area contributed by atoms with Crippen molar-refractivity contribution in [3.63, 3.8) is 0 Å². The Morgan fingerprint density at radius 2 is 2.08 bits per heavy atom. The minimum atomic E-state index is 0.728. The molecule has 0 saturated heterocycles. The molecule has 1 N–H and O–H groups in total. The Labute approximate surface area is 78.3 Å². The fourth-order valence-corrected chi connectivity index (χ4v) is 1.25. The lowest BCUT2D eigenvalue weighted by Crippen LogP contribution is -1.96. The zero-order valence-electron chi connectivity index (χ0n) is 7.87. The van der Waals surface area contributed by atoms with E-state index in [2.05, 4.69) is 5.32 Å². The Hall–Kier alpha value is -1.57. The number of rotatable bonds is 3. The van der Waals surface area contributed by atoms with Gasteiger partial charge in [-0.25, -0.2) is 0 Å². The van der Waals surface area contributed by atoms with Gasteiger partial charge in [0.2, 0.25) is 0 Å². The number of hydrogen-bond donors (Lipinski definition) is 1. The Balaban J connectivity index is 3.12. The second kappa shape index (κ2) is 4.45. The van der Waals surface area contributed by atoms with Crippen molar-refractivity contribution in [2.24, 2.45) is 0 Å². The summed E-state index contributed by atoms with van der Waals surface area (Å²) >= 11 is 0. The van der Waals surface area contributed by atoms with E-state index in [0.717, 1.165) is 23.0 Å². The number of benzene rings is 1. The third-order valence-electron chi connectivity index (χ3n) is 1.87. The van der Waals surface area contributed by atoms with Gasteiger partial charge in [0, 0.05) is 12.6 Å². The van der Waals surface area contributed by atoms with Crippen LogP contribution in [0.15, 0.2) is 30.5 Å². The molecule has 0 unspecified atom stereocenters. The Kier molecular flexibility index (Phi) is 3.26. The van der Waals surface area contributed by atoms with Crippen molar-refractivity contribution in [3.8, 4) is 0 Å². The Morgan fingerprint density at radius 1 is 1.38 bits per heavy atom. The average molecular weight is 175 g/mol. The molecule has 1 aromatic rings. The number of carbonyl (C=O) groups excluding carboxylic acids is 1. The molecule has 68 valence electrons. The monoisotopic (exact) mass is 175 g/mol. The SMILES string of the molecule is CN/C=C(/C)c1ccccc1C=O. The predicted octanol–water partition coefficient (Wildman–Crippen LogP) is 2.08. The van der Waals surface area contributed by atoms with Crippen molar-refractivity contribution >= 4 is 11.9 Å². The third-order valence-corrected chi connectivity index (χ3v) is 1.87. The van der Waals surface area contributed by atoms with Crippen molar-refractivity contribution in [2.75, 3.05) is 7.05 Å². The van der Waals surface area contributed by atoms with Gasteiger partial charge in [-0.3, -0.25) is 4.79 Å². The summed E-state index contributed by atoms with van der Waals surface area (Å²) in [4.78, 5) is 10.7. The molecular formula is C11H13NO. The number of aldehydes is 1. The topological polar surface area (TPSA) is 29.1 Å². The number of carbonyl (C=O) groups is 1. The molecule has 0 radical (unpaired) electrons. The van der Waals surface area contributed by atoms with Gasteiger partial charge in [0.15, 0.2) is 6.29 Å². The van der Waals surface area contributed by atoms with Crippen LogP contribution in [-0.4, -0.2) is 13.3 Å². The summed E-state index contributed by atoms with van der Waals surface area (Å²) < 4.78 is 0. The van der Waals surface area contributed by atoms with Crippen LogP contribution in [0.4, 0.5) is 0 Å². The van der Waals surface area contributed by atoms with Crippen LogP contribution in [0.1, 0.15) is 22.8 Å². The molecule has 0 saturated carbocycles. The lowest BCUT2D eigenvalue weighted by atomic mass is 10.0. The molecule has 0 fully saturated rings. The van der Waals surface area contributed by atoms with Crippen LogP contribution in [0.5, 0.6) is 0 Å². The highest BCUT2D eigenvalue weighted by Gasteiger charge is 2.00. The van der Waals surface area contributed by atoms with E-state index in [9.17, 15) is 4.79 Å². The lowest BCUT2D eigenvalue weighted by Gasteiger charge is -2.04. The van der Waals surface area contributed by atoms with Crippen LogP contribution < -0.4 is 5.32 Å². The van der Waals surface area contributed by atoms with E-state index in [1.54, 1.807) is 0 Å². The molecule has 0 aromatic heterocycles. The van der Waals surface area contributed by atoms with Crippen molar-refractivity contribution in [1.29, 1.82) is 0 Å². The first-order chi connectivity index (χ1) is 6.29. The summed E-state index contributed by atoms with van der Waals surface area (Å²) in [7, 11) is 1.84. The Bertz CT molecular complexity index is 329. The first-order valence-corrected chi connectivity index (χ1v) is 4.18. The molecule has 0 aliphatic carbocycles. The van der Waals surface area contributed by atoms with E-state index >= 15 is 0 Å². The van der Waals surface area contributed by atoms with Crippen molar-refractivity contribution in [1.82, 2.24) is 5.32 Å². The first kappa shape index (κ1) is 9.52. The molecule has 0 amide bonds. The van der Waals surface area contributed by atoms with E-state index in [1.165, 1.54) is 0 Å². The molecule has 13 heavy (non-hydrogen) atoms. The van der Waals surface area contributed by atoms with E-state index < -0.39 is 0 Å². The highest BCUT2D eigenvalue weighted by molar-refractivity contribution is 5.84. The summed E-state index contributed by atoms with van der Waals surface area (Å²) in [5.74, 6) is 0. The first-order valence-electron chi connectivity index (χ1n) is 4.18. The van der Waals surface area contributed by atoms with Crippen LogP contribution in [0.25, 0.3) is 5.57 Å². The summed E-state index contributed by atoms with van der Waals surface area (Å²) in [6.45, 7) is 1.97. The molecule has 0 aliphatic heterocycles. The fourth-order valence-electron chi connectivity index (χ4n) is 1.25. The number of allylic oxidation sites excluding steroid dienone is 1. The normalized spacial score (nSPS) is 11.1. The smallest absolute Gasteiger partial charge is 0.150 e. The second-order valence-corrected chi connectivity index (χ2v) is 2.82. The van der Waals surface area contributed by atoms with Gasteiger partial charge in [-0.05, 0) is 24.3 Å². The summed E-state index contributed by atoms with van der Waals surface area (Å²) in [6, 6.07) is 7.54. The van der Waals surface area contributed by atoms with E-state index in [1.807, 2.05) is 44.4 Å². The van der Waals surface area contributed by atoms with Crippen LogP contribution >= 0.6 is 0 Å². The van der Waals surface area contributed by atoms with E-state index in [0.29, 0.717) is 0 Å². The third kappa shape index (κ3) is 2.18. The zero-order chi connectivity index (χ0) is 9.68. The summed E-state index contributed by atoms with van der Waals surface area (Å²) in [5, 5.41) is 2.94. The highest BCUT2D eigenvalue weighted by atomic mass is 16.1. The van der Waals surface area contributed by atoms with Gasteiger partial charge in [-0.1, -0.05) is 24.3 Å². The average Bonchev–Trinajstić information content (AvgIpc) is 2.18. The second-order valence-electron chi connectivity index (χ2n) is 2.82. The summed E-state index contributed by atoms with van der Waals surface area (Å²) in [5.41, 5.74) is 2.77. The molecule has 0 aliphatic rings. The molecule has 0 heterocycles. The van der Waals surface area contributed by atoms with Gasteiger partial charge in [0.1, 0.15) is 0 Å². The maximum Gasteiger partial charge on any atom is 0.150 e. The van der Waals surface area contributed by atoms with Crippen molar-refractivity contribution in [2.45, 2.75) is 6.92 Å². The van der Waals surface area contributed by atoms with Crippen molar-refractivity contribution < 1.29 is 4.79 Å². The molecule has 0 atom stereocenters. The molecule has 2 heteroatoms. The van der Waals surface area contributed by atoms with Gasteiger partial charge in [-0.15, -0.1) is 0 Å². The van der Waals surface area contributed by atoms with Crippen LogP contribution in [0.2, 0.25) is 0 Å². The number of hydrogen-bond acceptors (Lipinski definition) is 2. The van der Waals surface area contributed by atoms with Gasteiger partial charge >= 0.3 is 0 Å². The highest BCUT2D eigenvalue weighted by Crippen LogP contribution is 2.16. The molecule has 1 aromatic carbocycles. The largest absolute Gasteiger partial charge is 0.394 e. The van der Waals surface area contributed by atoms with Crippen LogP contribution in [0.3, 0.4) is 0 Å². The van der Waals surface area contributed by atoms with Gasteiger partial charge < -0.3 is 5.32 Å². The van der Waals surface area contributed by atoms with E-state index in [-0.39, 0.29) is 0 Å². The standard InChI is InChI=1S/C11H13NO/c1-9(7-12-2)11-6-4-3-5-10(11)8-13/h3-8,12H,1-2H3/b9-7-. The zero-order valence-corrected chi connectivity index (χ0v) is 7.87. The van der Waals surface area contributed by atoms with E-state index in [4.69, 9.17) is 0 Å². The maximum absolute atomic E-state index is 10.7. The fraction of sp³-hybridized carbons (Fsp3) is 0.182. The quantitative estimate of drug-likeness (QED) is 0.712. The van der Waals surface area contributed by atoms with Crippen molar-refractivity contribution in [3.05, 3.63) is 41.6 Å².